The van der Waals surface area contributed by atoms with Gasteiger partial charge in [-0.2, -0.15) is 0 Å². The third-order valence-corrected chi connectivity index (χ3v) is 5.04. The first-order chi connectivity index (χ1) is 13.4. The molecule has 0 unspecified atom stereocenters. The molecule has 3 aromatic carbocycles. The van der Waals surface area contributed by atoms with Crippen molar-refractivity contribution in [3.8, 4) is 5.75 Å². The topological polar surface area (TPSA) is 58.6 Å². The number of carbonyl (C=O) groups is 1. The highest BCUT2D eigenvalue weighted by Gasteiger charge is 2.10. The molecule has 0 aromatic heterocycles. The van der Waals surface area contributed by atoms with Gasteiger partial charge in [0, 0.05) is 27.3 Å². The molecule has 0 heterocycles. The van der Waals surface area contributed by atoms with Gasteiger partial charge in [-0.15, -0.1) is 0 Å². The van der Waals surface area contributed by atoms with Crippen molar-refractivity contribution in [2.45, 2.75) is 13.2 Å². The fourth-order valence-corrected chi connectivity index (χ4v) is 3.43. The van der Waals surface area contributed by atoms with Crippen LogP contribution >= 0.6 is 39.1 Å². The fourth-order valence-electron chi connectivity index (χ4n) is 2.61. The van der Waals surface area contributed by atoms with E-state index in [9.17, 15) is 9.90 Å². The molecule has 3 aromatic rings. The van der Waals surface area contributed by atoms with Crippen LogP contribution < -0.4 is 10.1 Å². The molecule has 2 N–H and O–H groups in total. The first kappa shape index (κ1) is 20.5. The second-order valence-corrected chi connectivity index (χ2v) is 7.78. The minimum absolute atomic E-state index is 0.0540. The molecule has 144 valence electrons. The molecule has 3 rings (SSSR count). The molecular formula is C21H16BrCl2NO3. The predicted octanol–water partition coefficient (Wildman–Crippen LogP) is 6.65. The van der Waals surface area contributed by atoms with E-state index < -0.39 is 5.97 Å². The van der Waals surface area contributed by atoms with Crippen molar-refractivity contribution in [1.82, 2.24) is 0 Å². The van der Waals surface area contributed by atoms with Crippen molar-refractivity contribution in [2.24, 2.45) is 0 Å². The second-order valence-electron chi connectivity index (χ2n) is 6.02. The van der Waals surface area contributed by atoms with E-state index in [1.807, 2.05) is 42.5 Å². The molecule has 0 bridgehead atoms. The lowest BCUT2D eigenvalue weighted by molar-refractivity contribution is 0.0697. The molecule has 0 aliphatic rings. The van der Waals surface area contributed by atoms with Gasteiger partial charge in [-0.3, -0.25) is 0 Å². The van der Waals surface area contributed by atoms with Gasteiger partial charge in [0.15, 0.2) is 0 Å². The van der Waals surface area contributed by atoms with Crippen molar-refractivity contribution in [3.05, 3.63) is 91.9 Å². The van der Waals surface area contributed by atoms with Crippen molar-refractivity contribution < 1.29 is 14.6 Å². The molecule has 0 aliphatic carbocycles. The molecule has 0 amide bonds. The molecule has 7 heteroatoms. The van der Waals surface area contributed by atoms with Gasteiger partial charge in [0.05, 0.1) is 10.6 Å². The van der Waals surface area contributed by atoms with E-state index in [0.29, 0.717) is 23.9 Å². The molecular weight excluding hydrogens is 465 g/mol. The van der Waals surface area contributed by atoms with E-state index in [1.54, 1.807) is 12.1 Å². The highest BCUT2D eigenvalue weighted by atomic mass is 79.9. The summed E-state index contributed by atoms with van der Waals surface area (Å²) in [6, 6.07) is 18.1. The first-order valence-corrected chi connectivity index (χ1v) is 9.89. The highest BCUT2D eigenvalue weighted by molar-refractivity contribution is 9.10. The number of halogens is 3. The quantitative estimate of drug-likeness (QED) is 0.397. The molecule has 0 radical (unpaired) electrons. The van der Waals surface area contributed by atoms with E-state index in [2.05, 4.69) is 21.2 Å². The van der Waals surface area contributed by atoms with Gasteiger partial charge in [0.25, 0.3) is 0 Å². The van der Waals surface area contributed by atoms with Crippen LogP contribution in [0.2, 0.25) is 10.0 Å². The highest BCUT2D eigenvalue weighted by Crippen LogP contribution is 2.27. The summed E-state index contributed by atoms with van der Waals surface area (Å²) in [5.41, 5.74) is 2.60. The Morgan fingerprint density at radius 3 is 2.64 bits per heavy atom. The smallest absolute Gasteiger partial charge is 0.337 e. The Morgan fingerprint density at radius 1 is 1.07 bits per heavy atom. The third-order valence-electron chi connectivity index (χ3n) is 3.99. The number of hydrogen-bond acceptors (Lipinski definition) is 3. The lowest BCUT2D eigenvalue weighted by Crippen LogP contribution is -2.05. The summed E-state index contributed by atoms with van der Waals surface area (Å²) in [6.45, 7) is 0.838. The molecule has 4 nitrogen and oxygen atoms in total. The van der Waals surface area contributed by atoms with Gasteiger partial charge < -0.3 is 15.2 Å². The Kier molecular flexibility index (Phi) is 6.83. The summed E-state index contributed by atoms with van der Waals surface area (Å²) in [5, 5.41) is 13.3. The standard InChI is InChI=1S/C21H16BrCl2NO3/c22-15-4-7-20(28-12-13-2-1-3-16(23)8-13)14(9-15)11-25-17-5-6-19(24)18(10-17)21(26)27/h1-10,25H,11-12H2,(H,26,27). The van der Waals surface area contributed by atoms with Gasteiger partial charge in [-0.1, -0.05) is 51.3 Å². The lowest BCUT2D eigenvalue weighted by atomic mass is 10.1. The lowest BCUT2D eigenvalue weighted by Gasteiger charge is -2.14. The number of carboxylic acids is 1. The second kappa shape index (κ2) is 9.32. The summed E-state index contributed by atoms with van der Waals surface area (Å²) in [5.74, 6) is -0.343. The van der Waals surface area contributed by atoms with Crippen LogP contribution in [0.5, 0.6) is 5.75 Å². The van der Waals surface area contributed by atoms with Crippen molar-refractivity contribution >= 4 is 50.8 Å². The van der Waals surface area contributed by atoms with E-state index in [1.165, 1.54) is 6.07 Å². The predicted molar refractivity (Wildman–Crippen MR) is 116 cm³/mol. The van der Waals surface area contributed by atoms with Gasteiger partial charge in [0.1, 0.15) is 12.4 Å². The van der Waals surface area contributed by atoms with Crippen LogP contribution in [-0.2, 0) is 13.2 Å². The number of nitrogens with one attached hydrogen (secondary N) is 1. The third kappa shape index (κ3) is 5.41. The van der Waals surface area contributed by atoms with Gasteiger partial charge in [-0.25, -0.2) is 4.79 Å². The van der Waals surface area contributed by atoms with Crippen molar-refractivity contribution in [2.75, 3.05) is 5.32 Å². The summed E-state index contributed by atoms with van der Waals surface area (Å²) in [6.07, 6.45) is 0. The van der Waals surface area contributed by atoms with Crippen molar-refractivity contribution in [1.29, 1.82) is 0 Å². The summed E-state index contributed by atoms with van der Waals surface area (Å²) < 4.78 is 6.89. The maximum Gasteiger partial charge on any atom is 0.337 e. The number of carboxylic acid groups (broad SMARTS) is 1. The number of anilines is 1. The van der Waals surface area contributed by atoms with Crippen LogP contribution in [0.15, 0.2) is 65.1 Å². The van der Waals surface area contributed by atoms with Crippen LogP contribution in [0.1, 0.15) is 21.5 Å². The van der Waals surface area contributed by atoms with Crippen LogP contribution in [0.25, 0.3) is 0 Å². The Morgan fingerprint density at radius 2 is 1.89 bits per heavy atom. The fraction of sp³-hybridized carbons (Fsp3) is 0.0952. The first-order valence-electron chi connectivity index (χ1n) is 8.35. The van der Waals surface area contributed by atoms with E-state index >= 15 is 0 Å². The zero-order valence-electron chi connectivity index (χ0n) is 14.6. The van der Waals surface area contributed by atoms with Crippen LogP contribution in [-0.4, -0.2) is 11.1 Å². The van der Waals surface area contributed by atoms with Crippen LogP contribution in [0.4, 0.5) is 5.69 Å². The maximum absolute atomic E-state index is 11.2. The molecule has 0 aliphatic heterocycles. The van der Waals surface area contributed by atoms with Crippen LogP contribution in [0.3, 0.4) is 0 Å². The molecule has 28 heavy (non-hydrogen) atoms. The van der Waals surface area contributed by atoms with E-state index in [4.69, 9.17) is 27.9 Å². The van der Waals surface area contributed by atoms with Gasteiger partial charge >= 0.3 is 5.97 Å². The molecule has 0 fully saturated rings. The Labute approximate surface area is 181 Å². The maximum atomic E-state index is 11.2. The average molecular weight is 481 g/mol. The zero-order chi connectivity index (χ0) is 20.1. The Hall–Kier alpha value is -2.21. The summed E-state index contributed by atoms with van der Waals surface area (Å²) in [4.78, 5) is 11.2. The van der Waals surface area contributed by atoms with E-state index in [-0.39, 0.29) is 10.6 Å². The normalized spacial score (nSPS) is 10.5. The number of benzene rings is 3. The number of rotatable bonds is 7. The van der Waals surface area contributed by atoms with Crippen molar-refractivity contribution in [3.63, 3.8) is 0 Å². The summed E-state index contributed by atoms with van der Waals surface area (Å²) in [7, 11) is 0. The number of aromatic carboxylic acids is 1. The number of ether oxygens (including phenoxy) is 1. The molecule has 0 atom stereocenters. The minimum Gasteiger partial charge on any atom is -0.489 e. The molecule has 0 saturated carbocycles. The van der Waals surface area contributed by atoms with Gasteiger partial charge in [-0.05, 0) is 54.1 Å². The number of hydrogen-bond donors (Lipinski definition) is 2. The monoisotopic (exact) mass is 479 g/mol. The largest absolute Gasteiger partial charge is 0.489 e. The SMILES string of the molecule is O=C(O)c1cc(NCc2cc(Br)ccc2OCc2cccc(Cl)c2)ccc1Cl. The van der Waals surface area contributed by atoms with Gasteiger partial charge in [0.2, 0.25) is 0 Å². The molecule has 0 saturated heterocycles. The molecule has 0 spiro atoms. The summed E-state index contributed by atoms with van der Waals surface area (Å²) >= 11 is 15.4. The Bertz CT molecular complexity index is 1010. The Balaban J connectivity index is 1.74. The minimum atomic E-state index is -1.07. The van der Waals surface area contributed by atoms with E-state index in [0.717, 1.165) is 21.3 Å². The van der Waals surface area contributed by atoms with Crippen LogP contribution in [0, 0.1) is 0 Å². The zero-order valence-corrected chi connectivity index (χ0v) is 17.7. The average Bonchev–Trinajstić information content (AvgIpc) is 2.66.